The van der Waals surface area contributed by atoms with Crippen molar-refractivity contribution in [2.24, 2.45) is 12.8 Å². The van der Waals surface area contributed by atoms with Crippen LogP contribution in [0.25, 0.3) is 39.1 Å². The Labute approximate surface area is 294 Å². The van der Waals surface area contributed by atoms with E-state index in [0.29, 0.717) is 35.1 Å². The van der Waals surface area contributed by atoms with Gasteiger partial charge in [-0.1, -0.05) is 42.5 Å². The van der Waals surface area contributed by atoms with Gasteiger partial charge in [-0.05, 0) is 67.2 Å². The van der Waals surface area contributed by atoms with E-state index in [2.05, 4.69) is 62.8 Å². The number of nitrogens with one attached hydrogen (secondary N) is 1. The van der Waals surface area contributed by atoms with Crippen LogP contribution in [-0.2, 0) is 24.9 Å². The third kappa shape index (κ3) is 6.21. The van der Waals surface area contributed by atoms with Crippen LogP contribution >= 0.6 is 12.4 Å². The van der Waals surface area contributed by atoms with Crippen molar-refractivity contribution in [1.82, 2.24) is 34.6 Å². The number of carbonyl (C=O) groups excluding carboxylic acids is 2. The van der Waals surface area contributed by atoms with Gasteiger partial charge in [0.15, 0.2) is 11.5 Å². The van der Waals surface area contributed by atoms with E-state index < -0.39 is 6.03 Å². The van der Waals surface area contributed by atoms with Gasteiger partial charge in [-0.15, -0.1) is 12.4 Å². The molecule has 5 heterocycles. The first kappa shape index (κ1) is 33.3. The second kappa shape index (κ2) is 13.6. The number of imide groups is 1. The summed E-state index contributed by atoms with van der Waals surface area (Å²) in [5.74, 6) is 0.446. The van der Waals surface area contributed by atoms with Crippen LogP contribution in [0.2, 0.25) is 0 Å². The first-order valence-electron chi connectivity index (χ1n) is 16.6. The number of rotatable bonds is 7. The summed E-state index contributed by atoms with van der Waals surface area (Å²) in [6.45, 7) is 3.34. The minimum absolute atomic E-state index is 0. The number of benzene rings is 3. The number of amides is 3. The summed E-state index contributed by atoms with van der Waals surface area (Å²) in [7, 11) is 1.89. The van der Waals surface area contributed by atoms with Gasteiger partial charge in [0, 0.05) is 67.4 Å². The molecule has 3 amide bonds. The molecule has 0 atom stereocenters. The van der Waals surface area contributed by atoms with E-state index in [1.807, 2.05) is 29.9 Å². The average molecular weight is 694 g/mol. The zero-order valence-electron chi connectivity index (χ0n) is 27.6. The molecule has 2 fully saturated rings. The molecule has 3 aromatic heterocycles. The molecule has 0 spiro atoms. The van der Waals surface area contributed by atoms with E-state index in [1.165, 1.54) is 17.2 Å². The number of halogens is 2. The lowest BCUT2D eigenvalue weighted by molar-refractivity contribution is -0.120. The molecule has 3 N–H and O–H groups in total. The Morgan fingerprint density at radius 1 is 0.920 bits per heavy atom. The SMILES string of the molecule is Cl.Cn1nc(N2CCC(=O)NC2=O)c2ccc(C3CCN(Cc4ccc(-c5cc6nccc(-c7ccc(CN)c(F)c7)n6n5)cc4)CC3)cc21. The second-order valence-corrected chi connectivity index (χ2v) is 12.9. The van der Waals surface area contributed by atoms with Gasteiger partial charge in [0.25, 0.3) is 0 Å². The molecule has 0 saturated carbocycles. The molecule has 2 aliphatic rings. The number of likely N-dealkylation sites (tertiary alicyclic amines) is 1. The number of aromatic nitrogens is 5. The third-order valence-corrected chi connectivity index (χ3v) is 9.81. The Bertz CT molecular complexity index is 2220. The minimum Gasteiger partial charge on any atom is -0.326 e. The van der Waals surface area contributed by atoms with Crippen LogP contribution in [0.5, 0.6) is 0 Å². The van der Waals surface area contributed by atoms with Crippen LogP contribution in [0.1, 0.15) is 41.9 Å². The maximum Gasteiger partial charge on any atom is 0.329 e. The van der Waals surface area contributed by atoms with Crippen LogP contribution < -0.4 is 16.0 Å². The van der Waals surface area contributed by atoms with Gasteiger partial charge >= 0.3 is 6.03 Å². The molecule has 50 heavy (non-hydrogen) atoms. The predicted molar refractivity (Wildman–Crippen MR) is 192 cm³/mol. The summed E-state index contributed by atoms with van der Waals surface area (Å²) in [5.41, 5.74) is 13.6. The minimum atomic E-state index is -0.423. The molecule has 2 aliphatic heterocycles. The zero-order valence-corrected chi connectivity index (χ0v) is 28.4. The van der Waals surface area contributed by atoms with E-state index in [1.54, 1.807) is 21.7 Å². The summed E-state index contributed by atoms with van der Waals surface area (Å²) < 4.78 is 18.1. The molecule has 0 aliphatic carbocycles. The number of urea groups is 1. The standard InChI is InChI=1S/C37H36FN9O2.ClH/c1-44-33-19-26(8-9-29(33)36(43-44)46-17-13-35(48)41-37(46)49)24-11-15-45(16-12-24)22-23-2-4-25(5-3-23)31-20-34-40-14-10-32(47(34)42-31)27-6-7-28(21-39)30(38)18-27;/h2-10,14,18-20,24H,11-13,15-17,21-22,39H2,1H3,(H,41,48,49);1H. The predicted octanol–water partition coefficient (Wildman–Crippen LogP) is 5.80. The molecule has 3 aromatic carbocycles. The Kier molecular flexibility index (Phi) is 9.08. The van der Waals surface area contributed by atoms with Gasteiger partial charge in [0.1, 0.15) is 5.82 Å². The normalized spacial score (nSPS) is 15.9. The quantitative estimate of drug-likeness (QED) is 0.217. The number of aryl methyl sites for hydroxylation is 1. The van der Waals surface area contributed by atoms with Crippen LogP contribution in [0, 0.1) is 5.82 Å². The summed E-state index contributed by atoms with van der Waals surface area (Å²) in [5, 5.41) is 12.8. The van der Waals surface area contributed by atoms with E-state index >= 15 is 0 Å². The molecule has 0 bridgehead atoms. The van der Waals surface area contributed by atoms with Gasteiger partial charge < -0.3 is 5.73 Å². The van der Waals surface area contributed by atoms with Crippen LogP contribution in [0.3, 0.4) is 0 Å². The highest BCUT2D eigenvalue weighted by Gasteiger charge is 2.29. The van der Waals surface area contributed by atoms with Crippen molar-refractivity contribution in [3.63, 3.8) is 0 Å². The maximum atomic E-state index is 14.5. The molecule has 11 nitrogen and oxygen atoms in total. The Morgan fingerprint density at radius 2 is 1.70 bits per heavy atom. The number of piperidine rings is 1. The molecule has 2 saturated heterocycles. The second-order valence-electron chi connectivity index (χ2n) is 12.9. The number of nitrogens with zero attached hydrogens (tertiary/aromatic N) is 7. The largest absolute Gasteiger partial charge is 0.329 e. The van der Waals surface area contributed by atoms with Crippen LogP contribution in [0.4, 0.5) is 15.0 Å². The van der Waals surface area contributed by atoms with Crippen molar-refractivity contribution in [3.05, 3.63) is 102 Å². The number of fused-ring (bicyclic) bond motifs is 2. The lowest BCUT2D eigenvalue weighted by Gasteiger charge is -2.32. The fourth-order valence-corrected chi connectivity index (χ4v) is 7.07. The molecule has 8 rings (SSSR count). The monoisotopic (exact) mass is 693 g/mol. The van der Waals surface area contributed by atoms with Crippen molar-refractivity contribution in [2.45, 2.75) is 38.3 Å². The Hall–Kier alpha value is -5.17. The van der Waals surface area contributed by atoms with E-state index in [4.69, 9.17) is 10.8 Å². The molecule has 13 heteroatoms. The molecule has 0 radical (unpaired) electrons. The maximum absolute atomic E-state index is 14.5. The highest BCUT2D eigenvalue weighted by atomic mass is 35.5. The highest BCUT2D eigenvalue weighted by Crippen LogP contribution is 2.34. The number of hydrogen-bond acceptors (Lipinski definition) is 7. The van der Waals surface area contributed by atoms with E-state index in [-0.39, 0.29) is 37.1 Å². The number of carbonyl (C=O) groups is 2. The summed E-state index contributed by atoms with van der Waals surface area (Å²) in [4.78, 5) is 32.6. The van der Waals surface area contributed by atoms with Crippen molar-refractivity contribution in [3.8, 4) is 22.5 Å². The highest BCUT2D eigenvalue weighted by molar-refractivity contribution is 6.08. The van der Waals surface area contributed by atoms with Gasteiger partial charge in [-0.2, -0.15) is 10.2 Å². The fraction of sp³-hybridized carbons (Fsp3) is 0.270. The smallest absolute Gasteiger partial charge is 0.326 e. The lowest BCUT2D eigenvalue weighted by Crippen LogP contribution is -2.49. The van der Waals surface area contributed by atoms with Gasteiger partial charge in [0.05, 0.1) is 16.9 Å². The molecular weight excluding hydrogens is 657 g/mol. The van der Waals surface area contributed by atoms with E-state index in [0.717, 1.165) is 60.3 Å². The van der Waals surface area contributed by atoms with Gasteiger partial charge in [-0.25, -0.2) is 18.7 Å². The topological polar surface area (TPSA) is 127 Å². The van der Waals surface area contributed by atoms with Crippen LogP contribution in [-0.4, -0.2) is 60.9 Å². The number of anilines is 1. The molecule has 0 unspecified atom stereocenters. The van der Waals surface area contributed by atoms with Gasteiger partial charge in [0.2, 0.25) is 5.91 Å². The lowest BCUT2D eigenvalue weighted by atomic mass is 9.88. The van der Waals surface area contributed by atoms with Crippen LogP contribution in [0.15, 0.2) is 79.0 Å². The van der Waals surface area contributed by atoms with Gasteiger partial charge in [-0.3, -0.25) is 24.6 Å². The third-order valence-electron chi connectivity index (χ3n) is 9.81. The zero-order chi connectivity index (χ0) is 33.6. The Morgan fingerprint density at radius 3 is 2.44 bits per heavy atom. The molecule has 6 aromatic rings. The van der Waals surface area contributed by atoms with Crippen molar-refractivity contribution >= 4 is 46.7 Å². The summed E-state index contributed by atoms with van der Waals surface area (Å²) >= 11 is 0. The number of hydrogen-bond donors (Lipinski definition) is 2. The average Bonchev–Trinajstić information content (AvgIpc) is 3.70. The Balaban J connectivity index is 0.00000392. The molecule has 256 valence electrons. The van der Waals surface area contributed by atoms with Crippen molar-refractivity contribution in [2.75, 3.05) is 24.5 Å². The first-order valence-corrected chi connectivity index (χ1v) is 16.6. The van der Waals surface area contributed by atoms with E-state index in [9.17, 15) is 14.0 Å². The summed E-state index contributed by atoms with van der Waals surface area (Å²) in [6, 6.07) is 23.4. The van der Waals surface area contributed by atoms with Crippen molar-refractivity contribution < 1.29 is 14.0 Å². The fourth-order valence-electron chi connectivity index (χ4n) is 7.07. The summed E-state index contributed by atoms with van der Waals surface area (Å²) in [6.07, 6.45) is 4.09. The first-order chi connectivity index (χ1) is 23.8. The number of nitrogens with two attached hydrogens (primary N) is 1. The molecular formula is C37H37ClFN9O2. The van der Waals surface area contributed by atoms with Crippen molar-refractivity contribution in [1.29, 1.82) is 0 Å².